The fourth-order valence-electron chi connectivity index (χ4n) is 6.32. The van der Waals surface area contributed by atoms with Crippen LogP contribution < -0.4 is 9.47 Å². The smallest absolute Gasteiger partial charge is 0.325 e. The van der Waals surface area contributed by atoms with E-state index in [1.54, 1.807) is 25.1 Å². The molecule has 0 unspecified atom stereocenters. The fraction of sp³-hybridized carbons (Fsp3) is 0.552. The molecule has 3 amide bonds. The summed E-state index contributed by atoms with van der Waals surface area (Å²) in [5, 5.41) is 4.33. The van der Waals surface area contributed by atoms with Crippen molar-refractivity contribution in [1.29, 1.82) is 0 Å². The lowest BCUT2D eigenvalue weighted by atomic mass is 9.82. The number of aromatic nitrogens is 2. The first-order valence-corrected chi connectivity index (χ1v) is 13.6. The Hall–Kier alpha value is -3.49. The van der Waals surface area contributed by atoms with Gasteiger partial charge in [-0.05, 0) is 38.3 Å². The molecule has 206 valence electrons. The van der Waals surface area contributed by atoms with E-state index in [1.165, 1.54) is 0 Å². The van der Waals surface area contributed by atoms with Gasteiger partial charge in [-0.25, -0.2) is 4.79 Å². The molecule has 0 N–H and O–H groups in total. The summed E-state index contributed by atoms with van der Waals surface area (Å²) >= 11 is 0. The van der Waals surface area contributed by atoms with Crippen molar-refractivity contribution < 1.29 is 19.1 Å². The topological polar surface area (TPSA) is 80.1 Å². The number of carbonyl (C=O) groups excluding carboxylic acids is 2. The van der Waals surface area contributed by atoms with E-state index >= 15 is 0 Å². The number of rotatable bonds is 4. The first-order chi connectivity index (χ1) is 18.2. The highest BCUT2D eigenvalue weighted by Gasteiger charge is 2.55. The number of urea groups is 1. The van der Waals surface area contributed by atoms with Crippen LogP contribution >= 0.6 is 0 Å². The fourth-order valence-corrected chi connectivity index (χ4v) is 6.32. The summed E-state index contributed by atoms with van der Waals surface area (Å²) in [5.41, 5.74) is 4.12. The van der Waals surface area contributed by atoms with Gasteiger partial charge >= 0.3 is 6.03 Å². The monoisotopic (exact) mass is 523 g/mol. The average molecular weight is 524 g/mol. The number of likely N-dealkylation sites (tertiary alicyclic amines) is 1. The lowest BCUT2D eigenvalue weighted by Crippen LogP contribution is -2.54. The van der Waals surface area contributed by atoms with Crippen molar-refractivity contribution in [3.63, 3.8) is 0 Å². The first-order valence-electron chi connectivity index (χ1n) is 13.6. The highest BCUT2D eigenvalue weighted by molar-refractivity contribution is 5.95. The molecule has 38 heavy (non-hydrogen) atoms. The van der Waals surface area contributed by atoms with Gasteiger partial charge in [0, 0.05) is 56.1 Å². The van der Waals surface area contributed by atoms with Crippen LogP contribution in [0.4, 0.5) is 4.79 Å². The van der Waals surface area contributed by atoms with Crippen LogP contribution in [0.5, 0.6) is 11.5 Å². The zero-order valence-electron chi connectivity index (χ0n) is 24.0. The lowest BCUT2D eigenvalue weighted by molar-refractivity contribution is 0.0575. The van der Waals surface area contributed by atoms with Crippen molar-refractivity contribution >= 4 is 11.9 Å². The first kappa shape index (κ1) is 27.5. The van der Waals surface area contributed by atoms with Crippen molar-refractivity contribution in [2.45, 2.75) is 65.5 Å². The summed E-state index contributed by atoms with van der Waals surface area (Å²) in [4.78, 5) is 32.9. The SMILES string of the molecule is CC.CCN1C(=O)N2Cc3cc(OC)cc(OC)c3[C@@H](C)C=C2C12CCN(C(=O)c1cn(C)nc1C)CC2. The summed E-state index contributed by atoms with van der Waals surface area (Å²) in [7, 11) is 5.14. The molecule has 5 rings (SSSR count). The molecule has 0 aliphatic carbocycles. The van der Waals surface area contributed by atoms with E-state index in [-0.39, 0.29) is 17.9 Å². The molecular weight excluding hydrogens is 482 g/mol. The van der Waals surface area contributed by atoms with E-state index in [9.17, 15) is 9.59 Å². The zero-order chi connectivity index (χ0) is 27.8. The number of methoxy groups -OCH3 is 2. The predicted octanol–water partition coefficient (Wildman–Crippen LogP) is 4.71. The maximum atomic E-state index is 13.8. The van der Waals surface area contributed by atoms with Crippen molar-refractivity contribution in [2.75, 3.05) is 33.9 Å². The molecule has 1 aromatic heterocycles. The molecule has 1 spiro atoms. The van der Waals surface area contributed by atoms with Crippen LogP contribution in [0.2, 0.25) is 0 Å². The second kappa shape index (κ2) is 10.7. The molecule has 4 heterocycles. The third kappa shape index (κ3) is 4.31. The van der Waals surface area contributed by atoms with Crippen LogP contribution in [-0.2, 0) is 13.6 Å². The largest absolute Gasteiger partial charge is 0.497 e. The third-order valence-electron chi connectivity index (χ3n) is 8.03. The minimum Gasteiger partial charge on any atom is -0.497 e. The number of benzene rings is 1. The van der Waals surface area contributed by atoms with E-state index in [1.807, 2.05) is 61.6 Å². The second-order valence-electron chi connectivity index (χ2n) is 9.98. The molecule has 0 bridgehead atoms. The molecule has 3 aliphatic heterocycles. The summed E-state index contributed by atoms with van der Waals surface area (Å²) in [5.74, 6) is 1.55. The number of hydrogen-bond donors (Lipinski definition) is 0. The lowest BCUT2D eigenvalue weighted by Gasteiger charge is -2.44. The molecule has 2 aromatic rings. The molecule has 0 saturated carbocycles. The number of allylic oxidation sites excluding steroid dienone is 1. The maximum absolute atomic E-state index is 13.8. The van der Waals surface area contributed by atoms with Crippen LogP contribution in [0.15, 0.2) is 30.1 Å². The minimum absolute atomic E-state index is 0.00660. The van der Waals surface area contributed by atoms with Gasteiger partial charge in [0.25, 0.3) is 5.91 Å². The Bertz CT molecular complexity index is 1240. The maximum Gasteiger partial charge on any atom is 0.325 e. The van der Waals surface area contributed by atoms with Crippen molar-refractivity contribution in [1.82, 2.24) is 24.5 Å². The van der Waals surface area contributed by atoms with Crippen LogP contribution in [0.25, 0.3) is 0 Å². The van der Waals surface area contributed by atoms with E-state index in [0.29, 0.717) is 50.3 Å². The van der Waals surface area contributed by atoms with Gasteiger partial charge in [0.05, 0.1) is 37.6 Å². The molecule has 2 saturated heterocycles. The van der Waals surface area contributed by atoms with E-state index in [2.05, 4.69) is 18.1 Å². The number of nitrogens with zero attached hydrogens (tertiary/aromatic N) is 5. The number of fused-ring (bicyclic) bond motifs is 3. The Morgan fingerprint density at radius 3 is 2.39 bits per heavy atom. The van der Waals surface area contributed by atoms with E-state index < -0.39 is 5.54 Å². The number of piperidine rings is 1. The minimum atomic E-state index is -0.430. The van der Waals surface area contributed by atoms with Gasteiger partial charge in [0.2, 0.25) is 0 Å². The third-order valence-corrected chi connectivity index (χ3v) is 8.03. The quantitative estimate of drug-likeness (QED) is 0.580. The Morgan fingerprint density at radius 1 is 1.16 bits per heavy atom. The van der Waals surface area contributed by atoms with Crippen LogP contribution in [-0.4, -0.2) is 75.8 Å². The Kier molecular flexibility index (Phi) is 7.76. The van der Waals surface area contributed by atoms with Gasteiger partial charge < -0.3 is 19.3 Å². The second-order valence-corrected chi connectivity index (χ2v) is 9.98. The number of hydrogen-bond acceptors (Lipinski definition) is 5. The van der Waals surface area contributed by atoms with Gasteiger partial charge in [-0.1, -0.05) is 26.8 Å². The molecule has 1 atom stereocenters. The van der Waals surface area contributed by atoms with Crippen LogP contribution in [0, 0.1) is 6.92 Å². The van der Waals surface area contributed by atoms with Gasteiger partial charge in [0.15, 0.2) is 0 Å². The van der Waals surface area contributed by atoms with E-state index in [0.717, 1.165) is 28.3 Å². The molecule has 0 radical (unpaired) electrons. The van der Waals surface area contributed by atoms with Crippen molar-refractivity contribution in [2.24, 2.45) is 7.05 Å². The standard InChI is InChI=1S/C27H35N5O4.C2H6/c1-7-32-26(34)31-15-19-13-20(35-5)14-22(36-6)24(19)17(2)12-23(31)27(32)8-10-30(11-9-27)25(33)21-16-29(4)28-18(21)3;1-2/h12-14,16-17H,7-11,15H2,1-6H3;1-2H3/t17-;/m0./s1. The van der Waals surface area contributed by atoms with Gasteiger partial charge in [-0.2, -0.15) is 5.10 Å². The number of likely N-dealkylation sites (N-methyl/N-ethyl adjacent to an activating group) is 1. The summed E-state index contributed by atoms with van der Waals surface area (Å²) in [6.07, 6.45) is 5.42. The van der Waals surface area contributed by atoms with Gasteiger partial charge in [-0.3, -0.25) is 14.4 Å². The Morgan fingerprint density at radius 2 is 1.84 bits per heavy atom. The highest BCUT2D eigenvalue weighted by Crippen LogP contribution is 2.49. The van der Waals surface area contributed by atoms with Crippen molar-refractivity contribution in [3.05, 3.63) is 52.5 Å². The normalized spacial score (nSPS) is 19.8. The van der Waals surface area contributed by atoms with Crippen LogP contribution in [0.1, 0.15) is 73.6 Å². The summed E-state index contributed by atoms with van der Waals surface area (Å²) in [6, 6.07) is 3.94. The summed E-state index contributed by atoms with van der Waals surface area (Å²) < 4.78 is 12.9. The summed E-state index contributed by atoms with van der Waals surface area (Å²) in [6.45, 7) is 12.3. The van der Waals surface area contributed by atoms with Gasteiger partial charge in [-0.15, -0.1) is 0 Å². The average Bonchev–Trinajstić information content (AvgIpc) is 3.30. The predicted molar refractivity (Wildman–Crippen MR) is 147 cm³/mol. The molecule has 1 aromatic carbocycles. The number of amides is 3. The van der Waals surface area contributed by atoms with E-state index in [4.69, 9.17) is 9.47 Å². The molecular formula is C29H41N5O4. The number of aryl methyl sites for hydroxylation is 2. The van der Waals surface area contributed by atoms with Crippen LogP contribution in [0.3, 0.4) is 0 Å². The van der Waals surface area contributed by atoms with Crippen molar-refractivity contribution in [3.8, 4) is 11.5 Å². The highest BCUT2D eigenvalue weighted by atomic mass is 16.5. The molecule has 3 aliphatic rings. The Labute approximate surface area is 226 Å². The zero-order valence-corrected chi connectivity index (χ0v) is 24.0. The molecule has 9 heteroatoms. The molecule has 9 nitrogen and oxygen atoms in total. The molecule has 2 fully saturated rings. The number of ether oxygens (including phenoxy) is 2. The van der Waals surface area contributed by atoms with Gasteiger partial charge in [0.1, 0.15) is 11.5 Å². The Balaban J connectivity index is 0.00000164. The number of carbonyl (C=O) groups is 2.